The van der Waals surface area contributed by atoms with Crippen molar-refractivity contribution >= 4 is 11.5 Å². The van der Waals surface area contributed by atoms with Crippen LogP contribution in [0.2, 0.25) is 0 Å². The van der Waals surface area contributed by atoms with Crippen molar-refractivity contribution in [1.82, 2.24) is 9.97 Å². The molecule has 0 atom stereocenters. The van der Waals surface area contributed by atoms with E-state index in [4.69, 9.17) is 10.5 Å². The highest BCUT2D eigenvalue weighted by Crippen LogP contribution is 2.25. The van der Waals surface area contributed by atoms with Gasteiger partial charge >= 0.3 is 0 Å². The Bertz CT molecular complexity index is 544. The first-order chi connectivity index (χ1) is 9.26. The van der Waals surface area contributed by atoms with Crippen LogP contribution in [-0.4, -0.2) is 23.6 Å². The van der Waals surface area contributed by atoms with Crippen molar-refractivity contribution < 1.29 is 4.74 Å². The normalized spacial score (nSPS) is 10.3. The smallest absolute Gasteiger partial charge is 0.234 e. The van der Waals surface area contributed by atoms with E-state index in [1.165, 1.54) is 0 Å². The monoisotopic (exact) mass is 258 g/mol. The summed E-state index contributed by atoms with van der Waals surface area (Å²) >= 11 is 0. The molecule has 1 aromatic heterocycles. The molecule has 1 aromatic carbocycles. The molecule has 5 heteroatoms. The van der Waals surface area contributed by atoms with Crippen LogP contribution in [0, 0.1) is 0 Å². The molecule has 0 aliphatic carbocycles. The zero-order valence-corrected chi connectivity index (χ0v) is 11.2. The largest absolute Gasteiger partial charge is 0.477 e. The Kier molecular flexibility index (Phi) is 4.30. The van der Waals surface area contributed by atoms with Gasteiger partial charge in [-0.25, -0.2) is 0 Å². The topological polar surface area (TPSA) is 64.3 Å². The minimum absolute atomic E-state index is 0.485. The molecule has 2 rings (SSSR count). The summed E-state index contributed by atoms with van der Waals surface area (Å²) in [6.07, 6.45) is 3.31. The van der Waals surface area contributed by atoms with Crippen LogP contribution >= 0.6 is 0 Å². The van der Waals surface area contributed by atoms with Crippen molar-refractivity contribution in [3.05, 3.63) is 42.2 Å². The van der Waals surface area contributed by atoms with E-state index in [1.54, 1.807) is 12.4 Å². The number of benzene rings is 1. The van der Waals surface area contributed by atoms with Crippen LogP contribution in [0.1, 0.15) is 12.5 Å². The van der Waals surface area contributed by atoms with E-state index in [9.17, 15) is 0 Å². The van der Waals surface area contributed by atoms with Crippen molar-refractivity contribution in [3.8, 4) is 5.88 Å². The van der Waals surface area contributed by atoms with E-state index in [0.717, 1.165) is 17.1 Å². The van der Waals surface area contributed by atoms with Gasteiger partial charge in [0, 0.05) is 19.3 Å². The van der Waals surface area contributed by atoms with Gasteiger partial charge in [-0.15, -0.1) is 0 Å². The highest BCUT2D eigenvalue weighted by atomic mass is 16.5. The van der Waals surface area contributed by atoms with Gasteiger partial charge in [0.25, 0.3) is 0 Å². The molecule has 2 aromatic rings. The molecule has 0 spiro atoms. The van der Waals surface area contributed by atoms with Gasteiger partial charge in [0.2, 0.25) is 5.88 Å². The second-order valence-electron chi connectivity index (χ2n) is 4.04. The highest BCUT2D eigenvalue weighted by Gasteiger charge is 2.10. The number of hydrogen-bond acceptors (Lipinski definition) is 5. The number of hydrogen-bond donors (Lipinski definition) is 1. The van der Waals surface area contributed by atoms with Gasteiger partial charge in [-0.3, -0.25) is 4.98 Å². The van der Waals surface area contributed by atoms with Gasteiger partial charge in [0.1, 0.15) is 0 Å². The third-order valence-electron chi connectivity index (χ3n) is 2.81. The van der Waals surface area contributed by atoms with Crippen LogP contribution in [0.3, 0.4) is 0 Å². The molecule has 0 radical (unpaired) electrons. The summed E-state index contributed by atoms with van der Waals surface area (Å²) in [6, 6.07) is 7.97. The Morgan fingerprint density at radius 2 is 2.05 bits per heavy atom. The molecule has 0 bridgehead atoms. The summed E-state index contributed by atoms with van der Waals surface area (Å²) in [4.78, 5) is 10.5. The first-order valence-electron chi connectivity index (χ1n) is 6.22. The van der Waals surface area contributed by atoms with Gasteiger partial charge in [-0.05, 0) is 18.6 Å². The molecular formula is C14H18N4O. The number of anilines is 2. The minimum Gasteiger partial charge on any atom is -0.477 e. The Morgan fingerprint density at radius 1 is 1.26 bits per heavy atom. The average Bonchev–Trinajstić information content (AvgIpc) is 2.47. The summed E-state index contributed by atoms with van der Waals surface area (Å²) < 4.78 is 5.36. The van der Waals surface area contributed by atoms with Crippen molar-refractivity contribution in [2.24, 2.45) is 5.73 Å². The predicted octanol–water partition coefficient (Wildman–Crippen LogP) is 2.10. The maximum absolute atomic E-state index is 5.76. The average molecular weight is 258 g/mol. The highest BCUT2D eigenvalue weighted by molar-refractivity contribution is 5.62. The Balaban J connectivity index is 2.32. The third-order valence-corrected chi connectivity index (χ3v) is 2.81. The second-order valence-corrected chi connectivity index (χ2v) is 4.04. The number of rotatable bonds is 5. The van der Waals surface area contributed by atoms with Crippen LogP contribution in [-0.2, 0) is 6.54 Å². The SMILES string of the molecule is CCOc1cncc(N(C)c2ccccc2CN)n1. The van der Waals surface area contributed by atoms with Crippen LogP contribution in [0.4, 0.5) is 11.5 Å². The fraction of sp³-hybridized carbons (Fsp3) is 0.286. The molecule has 0 saturated heterocycles. The maximum atomic E-state index is 5.76. The van der Waals surface area contributed by atoms with Crippen LogP contribution in [0.5, 0.6) is 5.88 Å². The molecule has 0 unspecified atom stereocenters. The first-order valence-corrected chi connectivity index (χ1v) is 6.22. The van der Waals surface area contributed by atoms with E-state index in [2.05, 4.69) is 9.97 Å². The summed E-state index contributed by atoms with van der Waals surface area (Å²) in [5.74, 6) is 1.25. The zero-order valence-electron chi connectivity index (χ0n) is 11.2. The molecule has 0 aliphatic rings. The van der Waals surface area contributed by atoms with E-state index in [-0.39, 0.29) is 0 Å². The van der Waals surface area contributed by atoms with E-state index in [1.807, 2.05) is 43.1 Å². The summed E-state index contributed by atoms with van der Waals surface area (Å²) in [5.41, 5.74) is 7.84. The lowest BCUT2D eigenvalue weighted by Gasteiger charge is -2.21. The number of ether oxygens (including phenoxy) is 1. The molecule has 1 heterocycles. The first kappa shape index (κ1) is 13.3. The van der Waals surface area contributed by atoms with Crippen molar-refractivity contribution in [3.63, 3.8) is 0 Å². The Morgan fingerprint density at radius 3 is 2.79 bits per heavy atom. The van der Waals surface area contributed by atoms with E-state index in [0.29, 0.717) is 19.0 Å². The van der Waals surface area contributed by atoms with Crippen LogP contribution < -0.4 is 15.4 Å². The Labute approximate surface area is 113 Å². The van der Waals surface area contributed by atoms with Gasteiger partial charge in [0.05, 0.1) is 19.0 Å². The van der Waals surface area contributed by atoms with Gasteiger partial charge in [-0.1, -0.05) is 18.2 Å². The standard InChI is InChI=1S/C14H18N4O/c1-3-19-14-10-16-9-13(17-14)18(2)12-7-5-4-6-11(12)8-15/h4-7,9-10H,3,8,15H2,1-2H3. The second kappa shape index (κ2) is 6.15. The third kappa shape index (κ3) is 3.00. The molecule has 5 nitrogen and oxygen atoms in total. The quantitative estimate of drug-likeness (QED) is 0.889. The van der Waals surface area contributed by atoms with Gasteiger partial charge < -0.3 is 15.4 Å². The fourth-order valence-corrected chi connectivity index (χ4v) is 1.85. The lowest BCUT2D eigenvalue weighted by molar-refractivity contribution is 0.325. The molecule has 0 aliphatic heterocycles. The van der Waals surface area contributed by atoms with Crippen LogP contribution in [0.15, 0.2) is 36.7 Å². The van der Waals surface area contributed by atoms with Crippen molar-refractivity contribution in [1.29, 1.82) is 0 Å². The summed E-state index contributed by atoms with van der Waals surface area (Å²) in [7, 11) is 1.94. The molecule has 19 heavy (non-hydrogen) atoms. The molecule has 0 fully saturated rings. The lowest BCUT2D eigenvalue weighted by Crippen LogP contribution is -2.15. The molecule has 0 amide bonds. The fourth-order valence-electron chi connectivity index (χ4n) is 1.85. The molecule has 2 N–H and O–H groups in total. The molecular weight excluding hydrogens is 240 g/mol. The van der Waals surface area contributed by atoms with E-state index < -0.39 is 0 Å². The maximum Gasteiger partial charge on any atom is 0.234 e. The van der Waals surface area contributed by atoms with Gasteiger partial charge in [-0.2, -0.15) is 4.98 Å². The van der Waals surface area contributed by atoms with Crippen molar-refractivity contribution in [2.75, 3.05) is 18.6 Å². The Hall–Kier alpha value is -2.14. The zero-order chi connectivity index (χ0) is 13.7. The van der Waals surface area contributed by atoms with E-state index >= 15 is 0 Å². The number of para-hydroxylation sites is 1. The lowest BCUT2D eigenvalue weighted by atomic mass is 10.1. The minimum atomic E-state index is 0.485. The summed E-state index contributed by atoms with van der Waals surface area (Å²) in [5, 5.41) is 0. The number of nitrogens with two attached hydrogens (primary N) is 1. The van der Waals surface area contributed by atoms with Crippen LogP contribution in [0.25, 0.3) is 0 Å². The molecule has 100 valence electrons. The number of aromatic nitrogens is 2. The number of nitrogens with zero attached hydrogens (tertiary/aromatic N) is 3. The van der Waals surface area contributed by atoms with Gasteiger partial charge in [0.15, 0.2) is 5.82 Å². The van der Waals surface area contributed by atoms with Crippen molar-refractivity contribution in [2.45, 2.75) is 13.5 Å². The summed E-state index contributed by atoms with van der Waals surface area (Å²) in [6.45, 7) is 2.97. The predicted molar refractivity (Wildman–Crippen MR) is 75.6 cm³/mol. The molecule has 0 saturated carbocycles.